The molecule has 0 radical (unpaired) electrons. The van der Waals surface area contributed by atoms with Gasteiger partial charge in [0.25, 0.3) is 5.91 Å². The number of halogens is 1. The Morgan fingerprint density at radius 3 is 2.43 bits per heavy atom. The highest BCUT2D eigenvalue weighted by molar-refractivity contribution is 6.18. The van der Waals surface area contributed by atoms with E-state index in [4.69, 9.17) is 11.6 Å². The summed E-state index contributed by atoms with van der Waals surface area (Å²) in [6, 6.07) is 26.3. The van der Waals surface area contributed by atoms with Crippen LogP contribution in [0.15, 0.2) is 78.9 Å². The normalized spacial score (nSPS) is 16.0. The van der Waals surface area contributed by atoms with Gasteiger partial charge in [-0.1, -0.05) is 66.7 Å². The molecule has 1 unspecified atom stereocenters. The molecular formula is C24H19ClN2O. The van der Waals surface area contributed by atoms with Gasteiger partial charge in [-0.2, -0.15) is 0 Å². The first-order valence-electron chi connectivity index (χ1n) is 9.41. The molecule has 0 aliphatic carbocycles. The summed E-state index contributed by atoms with van der Waals surface area (Å²) in [5, 5.41) is 1.13. The lowest BCUT2D eigenvalue weighted by atomic mass is 9.93. The summed E-state index contributed by atoms with van der Waals surface area (Å²) >= 11 is 6.09. The van der Waals surface area contributed by atoms with Crippen molar-refractivity contribution in [1.82, 2.24) is 9.88 Å². The molecule has 0 saturated heterocycles. The van der Waals surface area contributed by atoms with Crippen molar-refractivity contribution in [3.05, 3.63) is 95.6 Å². The minimum Gasteiger partial charge on any atom is -0.354 e. The zero-order valence-electron chi connectivity index (χ0n) is 15.2. The highest BCUT2D eigenvalue weighted by Gasteiger charge is 2.39. The Bertz CT molecular complexity index is 1170. The Morgan fingerprint density at radius 2 is 1.61 bits per heavy atom. The number of fused-ring (bicyclic) bond motifs is 2. The predicted octanol–water partition coefficient (Wildman–Crippen LogP) is 5.62. The van der Waals surface area contributed by atoms with Crippen LogP contribution in [0.2, 0.25) is 0 Å². The van der Waals surface area contributed by atoms with Crippen molar-refractivity contribution in [3.63, 3.8) is 0 Å². The molecule has 1 aliphatic rings. The van der Waals surface area contributed by atoms with Crippen molar-refractivity contribution in [2.75, 3.05) is 12.4 Å². The molecule has 0 bridgehead atoms. The number of hydrogen-bond donors (Lipinski definition) is 1. The maximum atomic E-state index is 13.1. The molecule has 1 N–H and O–H groups in total. The second-order valence-corrected chi connectivity index (χ2v) is 7.38. The molecule has 28 heavy (non-hydrogen) atoms. The van der Waals surface area contributed by atoms with Gasteiger partial charge in [0.1, 0.15) is 0 Å². The van der Waals surface area contributed by atoms with Crippen LogP contribution >= 0.6 is 11.6 Å². The van der Waals surface area contributed by atoms with Gasteiger partial charge in [-0.25, -0.2) is 0 Å². The standard InChI is InChI=1S/C24H19ClN2O/c25-14-15-27-23(17-10-4-5-11-18(17)24(27)28)21-19-12-6-7-13-20(19)26-22(21)16-8-2-1-3-9-16/h1-13,23,26H,14-15H2. The number of rotatable bonds is 4. The maximum Gasteiger partial charge on any atom is 0.255 e. The van der Waals surface area contributed by atoms with Gasteiger partial charge in [-0.05, 0) is 23.3 Å². The number of hydrogen-bond acceptors (Lipinski definition) is 1. The van der Waals surface area contributed by atoms with Gasteiger partial charge < -0.3 is 9.88 Å². The number of para-hydroxylation sites is 1. The summed E-state index contributed by atoms with van der Waals surface area (Å²) in [5.74, 6) is 0.449. The number of nitrogens with zero attached hydrogens (tertiary/aromatic N) is 1. The number of aromatic amines is 1. The number of carbonyl (C=O) groups is 1. The quantitative estimate of drug-likeness (QED) is 0.454. The van der Waals surface area contributed by atoms with E-state index >= 15 is 0 Å². The van der Waals surface area contributed by atoms with Crippen molar-refractivity contribution >= 4 is 28.4 Å². The molecule has 138 valence electrons. The fraction of sp³-hybridized carbons (Fsp3) is 0.125. The molecule has 1 atom stereocenters. The van der Waals surface area contributed by atoms with Gasteiger partial charge in [0.05, 0.1) is 11.7 Å². The number of alkyl halides is 1. The zero-order valence-corrected chi connectivity index (χ0v) is 16.0. The lowest BCUT2D eigenvalue weighted by molar-refractivity contribution is 0.0762. The van der Waals surface area contributed by atoms with Crippen molar-refractivity contribution in [2.24, 2.45) is 0 Å². The van der Waals surface area contributed by atoms with Crippen LogP contribution in [-0.4, -0.2) is 28.2 Å². The van der Waals surface area contributed by atoms with Crippen molar-refractivity contribution in [3.8, 4) is 11.3 Å². The second kappa shape index (κ2) is 6.84. The number of nitrogens with one attached hydrogen (secondary N) is 1. The molecule has 3 aromatic carbocycles. The molecule has 0 spiro atoms. The zero-order chi connectivity index (χ0) is 19.1. The summed E-state index contributed by atoms with van der Waals surface area (Å²) in [6.07, 6.45) is 0. The molecule has 2 heterocycles. The van der Waals surface area contributed by atoms with E-state index in [1.54, 1.807) is 0 Å². The summed E-state index contributed by atoms with van der Waals surface area (Å²) in [6.45, 7) is 0.507. The lowest BCUT2D eigenvalue weighted by Gasteiger charge is -2.26. The van der Waals surface area contributed by atoms with E-state index in [9.17, 15) is 4.79 Å². The number of carbonyl (C=O) groups excluding carboxylic acids is 1. The molecule has 5 rings (SSSR count). The maximum absolute atomic E-state index is 13.1. The third-order valence-electron chi connectivity index (χ3n) is 5.47. The van der Waals surface area contributed by atoms with Gasteiger partial charge in [-0.15, -0.1) is 11.6 Å². The molecule has 0 fully saturated rings. The predicted molar refractivity (Wildman–Crippen MR) is 114 cm³/mol. The largest absolute Gasteiger partial charge is 0.354 e. The van der Waals surface area contributed by atoms with Gasteiger partial charge >= 0.3 is 0 Å². The van der Waals surface area contributed by atoms with E-state index in [2.05, 4.69) is 35.3 Å². The Labute approximate surface area is 168 Å². The number of amides is 1. The van der Waals surface area contributed by atoms with E-state index < -0.39 is 0 Å². The fourth-order valence-corrected chi connectivity index (χ4v) is 4.47. The van der Waals surface area contributed by atoms with Gasteiger partial charge in [0, 0.05) is 34.5 Å². The molecule has 3 nitrogen and oxygen atoms in total. The monoisotopic (exact) mass is 386 g/mol. The Kier molecular flexibility index (Phi) is 4.18. The third kappa shape index (κ3) is 2.54. The van der Waals surface area contributed by atoms with Crippen LogP contribution in [0, 0.1) is 0 Å². The molecule has 4 heteroatoms. The van der Waals surface area contributed by atoms with Gasteiger partial charge in [0.2, 0.25) is 0 Å². The first kappa shape index (κ1) is 17.1. The molecule has 1 amide bonds. The second-order valence-electron chi connectivity index (χ2n) is 7.00. The van der Waals surface area contributed by atoms with Gasteiger partial charge in [-0.3, -0.25) is 4.79 Å². The highest BCUT2D eigenvalue weighted by Crippen LogP contribution is 2.45. The van der Waals surface area contributed by atoms with Crippen molar-refractivity contribution in [2.45, 2.75) is 6.04 Å². The topological polar surface area (TPSA) is 36.1 Å². The first-order chi connectivity index (χ1) is 13.8. The average Bonchev–Trinajstić information content (AvgIpc) is 3.25. The number of benzene rings is 3. The Morgan fingerprint density at radius 1 is 0.893 bits per heavy atom. The molecule has 1 aliphatic heterocycles. The molecule has 1 aromatic heterocycles. The summed E-state index contributed by atoms with van der Waals surface area (Å²) in [7, 11) is 0. The highest BCUT2D eigenvalue weighted by atomic mass is 35.5. The minimum absolute atomic E-state index is 0.0468. The van der Waals surface area contributed by atoms with Crippen LogP contribution in [-0.2, 0) is 0 Å². The van der Waals surface area contributed by atoms with E-state index in [0.29, 0.717) is 12.4 Å². The van der Waals surface area contributed by atoms with Gasteiger partial charge in [0.15, 0.2) is 0 Å². The summed E-state index contributed by atoms with van der Waals surface area (Å²) in [5.41, 5.74) is 6.16. The van der Waals surface area contributed by atoms with E-state index in [1.807, 2.05) is 53.4 Å². The smallest absolute Gasteiger partial charge is 0.255 e. The van der Waals surface area contributed by atoms with E-state index in [1.165, 1.54) is 0 Å². The van der Waals surface area contributed by atoms with Crippen molar-refractivity contribution in [1.29, 1.82) is 0 Å². The van der Waals surface area contributed by atoms with Crippen LogP contribution in [0.25, 0.3) is 22.2 Å². The third-order valence-corrected chi connectivity index (χ3v) is 5.63. The fourth-order valence-electron chi connectivity index (χ4n) is 4.28. The summed E-state index contributed by atoms with van der Waals surface area (Å²) in [4.78, 5) is 18.6. The van der Waals surface area contributed by atoms with E-state index in [0.717, 1.165) is 38.9 Å². The minimum atomic E-state index is -0.159. The number of aromatic nitrogens is 1. The SMILES string of the molecule is O=C1c2ccccc2C(c2c(-c3ccccc3)[nH]c3ccccc23)N1CCCl. The molecule has 4 aromatic rings. The van der Waals surface area contributed by atoms with Crippen LogP contribution < -0.4 is 0 Å². The van der Waals surface area contributed by atoms with Crippen LogP contribution in [0.1, 0.15) is 27.5 Å². The number of H-pyrrole nitrogens is 1. The molecular weight excluding hydrogens is 368 g/mol. The first-order valence-corrected chi connectivity index (χ1v) is 9.95. The molecule has 0 saturated carbocycles. The average molecular weight is 387 g/mol. The summed E-state index contributed by atoms with van der Waals surface area (Å²) < 4.78 is 0. The van der Waals surface area contributed by atoms with Crippen molar-refractivity contribution < 1.29 is 4.79 Å². The van der Waals surface area contributed by atoms with Crippen LogP contribution in [0.5, 0.6) is 0 Å². The van der Waals surface area contributed by atoms with E-state index in [-0.39, 0.29) is 11.9 Å². The Hall–Kier alpha value is -3.04. The Balaban J connectivity index is 1.82. The van der Waals surface area contributed by atoms with Crippen LogP contribution in [0.3, 0.4) is 0 Å². The lowest BCUT2D eigenvalue weighted by Crippen LogP contribution is -2.30. The van der Waals surface area contributed by atoms with Crippen LogP contribution in [0.4, 0.5) is 0 Å².